The molecule has 0 saturated carbocycles. The summed E-state index contributed by atoms with van der Waals surface area (Å²) in [6, 6.07) is 33.3. The molecule has 1 aliphatic rings. The van der Waals surface area contributed by atoms with Crippen molar-refractivity contribution in [2.45, 2.75) is 90.9 Å². The Morgan fingerprint density at radius 1 is 0.526 bits per heavy atom. The molecule has 0 N–H and O–H groups in total. The lowest BCUT2D eigenvalue weighted by Gasteiger charge is -2.36. The first-order chi connectivity index (χ1) is 18.1. The molecule has 0 bridgehead atoms. The lowest BCUT2D eigenvalue weighted by molar-refractivity contribution is 0.438. The first kappa shape index (κ1) is 26.5. The van der Waals surface area contributed by atoms with Crippen molar-refractivity contribution in [1.82, 2.24) is 0 Å². The Labute approximate surface area is 231 Å². The van der Waals surface area contributed by atoms with Crippen molar-refractivity contribution >= 4 is 0 Å². The molecular weight excluding hydrogens is 456 g/mol. The van der Waals surface area contributed by atoms with Crippen LogP contribution in [-0.2, 0) is 16.2 Å². The SMILES string of the molecule is CCC(C)(C)c1ccc2c(c1)C(c1ccc(C)cc1)(c1ccc(C)cc1)c1cc(C(C)(CC)CC)ccc1-2. The maximum Gasteiger partial charge on any atom is 0.0713 e. The largest absolute Gasteiger partial charge is 0.0713 e. The van der Waals surface area contributed by atoms with Crippen molar-refractivity contribution in [3.8, 4) is 11.1 Å². The van der Waals surface area contributed by atoms with Crippen LogP contribution in [0, 0.1) is 13.8 Å². The first-order valence-electron chi connectivity index (χ1n) is 14.6. The van der Waals surface area contributed by atoms with E-state index in [4.69, 9.17) is 0 Å². The lowest BCUT2D eigenvalue weighted by atomic mass is 9.65. The third-order valence-corrected chi connectivity index (χ3v) is 10.0. The number of fused-ring (bicyclic) bond motifs is 3. The van der Waals surface area contributed by atoms with Crippen LogP contribution in [0.1, 0.15) is 105 Å². The quantitative estimate of drug-likeness (QED) is 0.208. The maximum absolute atomic E-state index is 2.56. The van der Waals surface area contributed by atoms with Crippen LogP contribution in [-0.4, -0.2) is 0 Å². The van der Waals surface area contributed by atoms with Gasteiger partial charge in [0.2, 0.25) is 0 Å². The molecule has 38 heavy (non-hydrogen) atoms. The van der Waals surface area contributed by atoms with Crippen LogP contribution in [0.15, 0.2) is 84.9 Å². The molecular formula is C38H44. The van der Waals surface area contributed by atoms with Gasteiger partial charge in [-0.3, -0.25) is 0 Å². The zero-order chi connectivity index (χ0) is 27.3. The minimum atomic E-state index is -0.357. The monoisotopic (exact) mass is 500 g/mol. The van der Waals surface area contributed by atoms with Crippen LogP contribution in [0.4, 0.5) is 0 Å². The van der Waals surface area contributed by atoms with Gasteiger partial charge in [0, 0.05) is 0 Å². The van der Waals surface area contributed by atoms with E-state index in [1.807, 2.05) is 0 Å². The minimum Gasteiger partial charge on any atom is -0.0646 e. The van der Waals surface area contributed by atoms with Crippen molar-refractivity contribution in [1.29, 1.82) is 0 Å². The molecule has 0 unspecified atom stereocenters. The van der Waals surface area contributed by atoms with Crippen LogP contribution in [0.3, 0.4) is 0 Å². The highest BCUT2D eigenvalue weighted by molar-refractivity contribution is 5.87. The molecule has 0 heterocycles. The maximum atomic E-state index is 2.56. The zero-order valence-electron chi connectivity index (χ0n) is 24.7. The summed E-state index contributed by atoms with van der Waals surface area (Å²) in [5, 5.41) is 0. The van der Waals surface area contributed by atoms with E-state index in [0.717, 1.165) is 19.3 Å². The smallest absolute Gasteiger partial charge is 0.0646 e. The van der Waals surface area contributed by atoms with Gasteiger partial charge >= 0.3 is 0 Å². The van der Waals surface area contributed by atoms with Crippen LogP contribution in [0.5, 0.6) is 0 Å². The molecule has 4 aromatic carbocycles. The summed E-state index contributed by atoms with van der Waals surface area (Å²) in [6.07, 6.45) is 3.37. The summed E-state index contributed by atoms with van der Waals surface area (Å²) in [5.41, 5.74) is 13.7. The van der Waals surface area contributed by atoms with E-state index in [9.17, 15) is 0 Å². The zero-order valence-corrected chi connectivity index (χ0v) is 24.7. The van der Waals surface area contributed by atoms with Crippen molar-refractivity contribution in [3.63, 3.8) is 0 Å². The Kier molecular flexibility index (Phi) is 6.67. The topological polar surface area (TPSA) is 0 Å². The summed E-state index contributed by atoms with van der Waals surface area (Å²) in [7, 11) is 0. The summed E-state index contributed by atoms with van der Waals surface area (Å²) in [6.45, 7) is 18.5. The van der Waals surface area contributed by atoms with Gasteiger partial charge in [-0.1, -0.05) is 138 Å². The van der Waals surface area contributed by atoms with Crippen molar-refractivity contribution in [2.75, 3.05) is 0 Å². The summed E-state index contributed by atoms with van der Waals surface area (Å²) >= 11 is 0. The molecule has 5 rings (SSSR count). The van der Waals surface area contributed by atoms with Gasteiger partial charge in [-0.2, -0.15) is 0 Å². The number of rotatable bonds is 7. The fourth-order valence-electron chi connectivity index (χ4n) is 6.38. The fraction of sp³-hybridized carbons (Fsp3) is 0.368. The number of hydrogen-bond donors (Lipinski definition) is 0. The van der Waals surface area contributed by atoms with Gasteiger partial charge in [-0.15, -0.1) is 0 Å². The van der Waals surface area contributed by atoms with Crippen LogP contribution >= 0.6 is 0 Å². The van der Waals surface area contributed by atoms with E-state index in [1.54, 1.807) is 0 Å². The highest BCUT2D eigenvalue weighted by Crippen LogP contribution is 2.57. The second-order valence-electron chi connectivity index (χ2n) is 12.5. The van der Waals surface area contributed by atoms with E-state index in [0.29, 0.717) is 0 Å². The highest BCUT2D eigenvalue weighted by atomic mass is 14.5. The fourth-order valence-corrected chi connectivity index (χ4v) is 6.38. The highest BCUT2D eigenvalue weighted by Gasteiger charge is 2.47. The molecule has 1 aliphatic carbocycles. The van der Waals surface area contributed by atoms with E-state index in [2.05, 4.69) is 140 Å². The molecule has 0 radical (unpaired) electrons. The molecule has 0 fully saturated rings. The standard InChI is InChI=1S/C38H44/c1-9-36(6,7)30-20-22-32-33-23-21-31(37(8,10-2)11-3)25-35(33)38(34(32)24-30,28-16-12-26(4)13-17-28)29-18-14-27(5)15-19-29/h12-25H,9-11H2,1-8H3. The van der Waals surface area contributed by atoms with Gasteiger partial charge in [-0.05, 0) is 88.4 Å². The third kappa shape index (κ3) is 3.96. The Hall–Kier alpha value is -3.12. The number of hydrogen-bond acceptors (Lipinski definition) is 0. The third-order valence-electron chi connectivity index (χ3n) is 10.0. The van der Waals surface area contributed by atoms with Gasteiger partial charge in [0.25, 0.3) is 0 Å². The van der Waals surface area contributed by atoms with Crippen molar-refractivity contribution in [2.24, 2.45) is 0 Å². The molecule has 4 aromatic rings. The number of benzene rings is 4. The normalized spacial score (nSPS) is 14.3. The van der Waals surface area contributed by atoms with E-state index < -0.39 is 0 Å². The average Bonchev–Trinajstić information content (AvgIpc) is 3.23. The summed E-state index contributed by atoms with van der Waals surface area (Å²) in [5.74, 6) is 0. The van der Waals surface area contributed by atoms with Crippen molar-refractivity contribution < 1.29 is 0 Å². The molecule has 0 nitrogen and oxygen atoms in total. The second-order valence-corrected chi connectivity index (χ2v) is 12.5. The summed E-state index contributed by atoms with van der Waals surface area (Å²) < 4.78 is 0. The van der Waals surface area contributed by atoms with E-state index in [-0.39, 0.29) is 16.2 Å². The average molecular weight is 501 g/mol. The van der Waals surface area contributed by atoms with Gasteiger partial charge in [0.1, 0.15) is 0 Å². The molecule has 0 spiro atoms. The van der Waals surface area contributed by atoms with Gasteiger partial charge in [0.05, 0.1) is 5.41 Å². The van der Waals surface area contributed by atoms with Crippen LogP contribution < -0.4 is 0 Å². The molecule has 0 amide bonds. The summed E-state index contributed by atoms with van der Waals surface area (Å²) in [4.78, 5) is 0. The van der Waals surface area contributed by atoms with Gasteiger partial charge in [0.15, 0.2) is 0 Å². The minimum absolute atomic E-state index is 0.115. The number of aryl methyl sites for hydroxylation is 2. The van der Waals surface area contributed by atoms with Crippen LogP contribution in [0.25, 0.3) is 11.1 Å². The second kappa shape index (κ2) is 9.57. The van der Waals surface area contributed by atoms with Gasteiger partial charge < -0.3 is 0 Å². The van der Waals surface area contributed by atoms with Gasteiger partial charge in [-0.25, -0.2) is 0 Å². The molecule has 196 valence electrons. The van der Waals surface area contributed by atoms with Crippen molar-refractivity contribution in [3.05, 3.63) is 129 Å². The molecule has 0 saturated heterocycles. The molecule has 0 aliphatic heterocycles. The Morgan fingerprint density at radius 2 is 0.947 bits per heavy atom. The first-order valence-corrected chi connectivity index (χ1v) is 14.6. The van der Waals surface area contributed by atoms with Crippen LogP contribution in [0.2, 0.25) is 0 Å². The Bertz CT molecular complexity index is 1400. The Balaban J connectivity index is 1.94. The lowest BCUT2D eigenvalue weighted by Crippen LogP contribution is -2.30. The molecule has 0 atom stereocenters. The van der Waals surface area contributed by atoms with E-state index >= 15 is 0 Å². The predicted octanol–water partition coefficient (Wildman–Crippen LogP) is 10.4. The molecule has 0 heteroatoms. The Morgan fingerprint density at radius 3 is 1.37 bits per heavy atom. The molecule has 0 aromatic heterocycles. The van der Waals surface area contributed by atoms with E-state index in [1.165, 1.54) is 55.6 Å². The predicted molar refractivity (Wildman–Crippen MR) is 164 cm³/mol.